The van der Waals surface area contributed by atoms with Gasteiger partial charge < -0.3 is 5.32 Å². The van der Waals surface area contributed by atoms with Crippen molar-refractivity contribution in [1.29, 1.82) is 0 Å². The molecule has 0 aliphatic carbocycles. The van der Waals surface area contributed by atoms with Crippen molar-refractivity contribution in [3.8, 4) is 0 Å². The summed E-state index contributed by atoms with van der Waals surface area (Å²) in [4.78, 5) is 11.9. The Balaban J connectivity index is 1.84. The van der Waals surface area contributed by atoms with Gasteiger partial charge in [-0.25, -0.2) is 0 Å². The highest BCUT2D eigenvalue weighted by Gasteiger charge is 2.03. The van der Waals surface area contributed by atoms with Crippen LogP contribution in [0.1, 0.15) is 29.2 Å². The molecule has 20 heavy (non-hydrogen) atoms. The zero-order valence-electron chi connectivity index (χ0n) is 12.1. The van der Waals surface area contributed by atoms with Crippen LogP contribution in [-0.4, -0.2) is 5.91 Å². The third-order valence-corrected chi connectivity index (χ3v) is 3.41. The average Bonchev–Trinajstić information content (AvgIpc) is 2.47. The normalized spacial score (nSPS) is 10.3. The fourth-order valence-corrected chi connectivity index (χ4v) is 2.05. The number of carbonyl (C=O) groups excluding carboxylic acids is 1. The van der Waals surface area contributed by atoms with Gasteiger partial charge in [-0.3, -0.25) is 4.79 Å². The van der Waals surface area contributed by atoms with Crippen molar-refractivity contribution >= 4 is 5.91 Å². The lowest BCUT2D eigenvalue weighted by Crippen LogP contribution is -2.24. The monoisotopic (exact) mass is 267 g/mol. The van der Waals surface area contributed by atoms with Gasteiger partial charge in [0.2, 0.25) is 5.91 Å². The third-order valence-electron chi connectivity index (χ3n) is 3.41. The molecule has 1 N–H and O–H groups in total. The van der Waals surface area contributed by atoms with Crippen molar-refractivity contribution in [2.45, 2.75) is 33.2 Å². The van der Waals surface area contributed by atoms with E-state index in [0.717, 1.165) is 17.5 Å². The van der Waals surface area contributed by atoms with Crippen LogP contribution in [-0.2, 0) is 24.2 Å². The second kappa shape index (κ2) is 6.90. The number of hydrogen-bond donors (Lipinski definition) is 1. The van der Waals surface area contributed by atoms with E-state index in [4.69, 9.17) is 0 Å². The molecule has 0 aliphatic heterocycles. The molecule has 0 saturated carbocycles. The van der Waals surface area contributed by atoms with E-state index in [1.165, 1.54) is 11.1 Å². The molecule has 1 amide bonds. The summed E-state index contributed by atoms with van der Waals surface area (Å²) < 4.78 is 0. The molecular formula is C18H21NO. The summed E-state index contributed by atoms with van der Waals surface area (Å²) >= 11 is 0. The van der Waals surface area contributed by atoms with Gasteiger partial charge in [-0.15, -0.1) is 0 Å². The maximum atomic E-state index is 11.9. The largest absolute Gasteiger partial charge is 0.352 e. The van der Waals surface area contributed by atoms with Crippen LogP contribution in [0.25, 0.3) is 0 Å². The van der Waals surface area contributed by atoms with Gasteiger partial charge in [-0.1, -0.05) is 61.0 Å². The number of carbonyl (C=O) groups is 1. The van der Waals surface area contributed by atoms with Crippen molar-refractivity contribution in [2.24, 2.45) is 0 Å². The molecule has 2 rings (SSSR count). The lowest BCUT2D eigenvalue weighted by molar-refractivity contribution is -0.120. The summed E-state index contributed by atoms with van der Waals surface area (Å²) in [6.07, 6.45) is 1.47. The second-order valence-electron chi connectivity index (χ2n) is 5.11. The molecule has 0 saturated heterocycles. The molecule has 0 heterocycles. The maximum Gasteiger partial charge on any atom is 0.224 e. The van der Waals surface area contributed by atoms with Gasteiger partial charge in [0, 0.05) is 6.54 Å². The number of aryl methyl sites for hydroxylation is 2. The number of amides is 1. The Hall–Kier alpha value is -2.09. The minimum atomic E-state index is 0.0647. The van der Waals surface area contributed by atoms with E-state index in [0.29, 0.717) is 13.0 Å². The topological polar surface area (TPSA) is 29.1 Å². The first-order valence-electron chi connectivity index (χ1n) is 7.07. The smallest absolute Gasteiger partial charge is 0.224 e. The Morgan fingerprint density at radius 2 is 1.45 bits per heavy atom. The molecule has 2 nitrogen and oxygen atoms in total. The zero-order valence-corrected chi connectivity index (χ0v) is 12.1. The molecule has 104 valence electrons. The third kappa shape index (κ3) is 4.23. The van der Waals surface area contributed by atoms with Crippen molar-refractivity contribution in [3.05, 3.63) is 70.8 Å². The molecule has 0 aliphatic rings. The Labute approximate surface area is 120 Å². The fourth-order valence-electron chi connectivity index (χ4n) is 2.05. The van der Waals surface area contributed by atoms with Crippen LogP contribution >= 0.6 is 0 Å². The predicted molar refractivity (Wildman–Crippen MR) is 82.5 cm³/mol. The first-order valence-corrected chi connectivity index (χ1v) is 7.07. The molecule has 0 atom stereocenters. The zero-order chi connectivity index (χ0) is 14.4. The number of benzene rings is 2. The first-order chi connectivity index (χ1) is 9.67. The molecule has 0 unspecified atom stereocenters. The van der Waals surface area contributed by atoms with Gasteiger partial charge in [0.25, 0.3) is 0 Å². The van der Waals surface area contributed by atoms with Gasteiger partial charge in [0.05, 0.1) is 6.42 Å². The Kier molecular flexibility index (Phi) is 4.94. The van der Waals surface area contributed by atoms with E-state index in [2.05, 4.69) is 43.4 Å². The lowest BCUT2D eigenvalue weighted by atomic mass is 10.1. The highest BCUT2D eigenvalue weighted by atomic mass is 16.1. The van der Waals surface area contributed by atoms with Gasteiger partial charge in [-0.2, -0.15) is 0 Å². The molecule has 2 aromatic carbocycles. The SMILES string of the molecule is CCc1ccc(CC(=O)NCc2ccc(C)cc2)cc1. The van der Waals surface area contributed by atoms with Gasteiger partial charge in [-0.05, 0) is 30.0 Å². The highest BCUT2D eigenvalue weighted by Crippen LogP contribution is 2.06. The summed E-state index contributed by atoms with van der Waals surface area (Å²) in [5.41, 5.74) is 4.72. The molecule has 0 fully saturated rings. The standard InChI is InChI=1S/C18H21NO/c1-3-15-8-10-16(11-9-15)12-18(20)19-13-17-6-4-14(2)5-7-17/h4-11H,3,12-13H2,1-2H3,(H,19,20). The highest BCUT2D eigenvalue weighted by molar-refractivity contribution is 5.78. The van der Waals surface area contributed by atoms with Crippen molar-refractivity contribution in [3.63, 3.8) is 0 Å². The Bertz CT molecular complexity index is 555. The van der Waals surface area contributed by atoms with E-state index in [1.807, 2.05) is 24.3 Å². The van der Waals surface area contributed by atoms with Crippen molar-refractivity contribution in [2.75, 3.05) is 0 Å². The van der Waals surface area contributed by atoms with E-state index in [9.17, 15) is 4.79 Å². The van der Waals surface area contributed by atoms with Crippen molar-refractivity contribution < 1.29 is 4.79 Å². The quantitative estimate of drug-likeness (QED) is 0.883. The van der Waals surface area contributed by atoms with E-state index >= 15 is 0 Å². The van der Waals surface area contributed by atoms with Crippen LogP contribution in [0, 0.1) is 6.92 Å². The van der Waals surface area contributed by atoms with Crippen molar-refractivity contribution in [1.82, 2.24) is 5.32 Å². The van der Waals surface area contributed by atoms with Crippen LogP contribution in [0.2, 0.25) is 0 Å². The number of nitrogens with one attached hydrogen (secondary N) is 1. The summed E-state index contributed by atoms with van der Waals surface area (Å²) in [7, 11) is 0. The summed E-state index contributed by atoms with van der Waals surface area (Å²) in [6.45, 7) is 4.78. The second-order valence-corrected chi connectivity index (χ2v) is 5.11. The molecule has 0 spiro atoms. The van der Waals surface area contributed by atoms with E-state index < -0.39 is 0 Å². The fraction of sp³-hybridized carbons (Fsp3) is 0.278. The van der Waals surface area contributed by atoms with Crippen LogP contribution in [0.4, 0.5) is 0 Å². The minimum absolute atomic E-state index is 0.0647. The number of rotatable bonds is 5. The maximum absolute atomic E-state index is 11.9. The predicted octanol–water partition coefficient (Wildman–Crippen LogP) is 3.42. The van der Waals surface area contributed by atoms with Crippen LogP contribution in [0.3, 0.4) is 0 Å². The summed E-state index contributed by atoms with van der Waals surface area (Å²) in [5, 5.41) is 2.96. The van der Waals surface area contributed by atoms with Crippen LogP contribution in [0.15, 0.2) is 48.5 Å². The van der Waals surface area contributed by atoms with E-state index in [-0.39, 0.29) is 5.91 Å². The number of hydrogen-bond acceptors (Lipinski definition) is 1. The Morgan fingerprint density at radius 3 is 2.05 bits per heavy atom. The van der Waals surface area contributed by atoms with Gasteiger partial charge >= 0.3 is 0 Å². The van der Waals surface area contributed by atoms with Crippen LogP contribution < -0.4 is 5.32 Å². The molecule has 2 aromatic rings. The molecular weight excluding hydrogens is 246 g/mol. The summed E-state index contributed by atoms with van der Waals surface area (Å²) in [5.74, 6) is 0.0647. The van der Waals surface area contributed by atoms with E-state index in [1.54, 1.807) is 0 Å². The molecule has 2 heteroatoms. The minimum Gasteiger partial charge on any atom is -0.352 e. The summed E-state index contributed by atoms with van der Waals surface area (Å²) in [6, 6.07) is 16.5. The van der Waals surface area contributed by atoms with Crippen LogP contribution in [0.5, 0.6) is 0 Å². The first kappa shape index (κ1) is 14.3. The molecule has 0 radical (unpaired) electrons. The lowest BCUT2D eigenvalue weighted by Gasteiger charge is -2.06. The molecule has 0 aromatic heterocycles. The van der Waals surface area contributed by atoms with Gasteiger partial charge in [0.1, 0.15) is 0 Å². The Morgan fingerprint density at radius 1 is 0.900 bits per heavy atom. The van der Waals surface area contributed by atoms with Gasteiger partial charge in [0.15, 0.2) is 0 Å². The average molecular weight is 267 g/mol. The molecule has 0 bridgehead atoms.